The highest BCUT2D eigenvalue weighted by Crippen LogP contribution is 2.14. The molecule has 122 valence electrons. The summed E-state index contributed by atoms with van der Waals surface area (Å²) < 4.78 is 5.00. The van der Waals surface area contributed by atoms with Crippen molar-refractivity contribution in [1.29, 1.82) is 0 Å². The van der Waals surface area contributed by atoms with Gasteiger partial charge in [0.1, 0.15) is 6.04 Å². The van der Waals surface area contributed by atoms with Gasteiger partial charge in [-0.05, 0) is 18.9 Å². The zero-order chi connectivity index (χ0) is 15.9. The van der Waals surface area contributed by atoms with E-state index in [1.807, 2.05) is 11.0 Å². The molecular formula is C17H27N3O2. The first kappa shape index (κ1) is 16.9. The van der Waals surface area contributed by atoms with E-state index in [9.17, 15) is 4.79 Å². The van der Waals surface area contributed by atoms with E-state index < -0.39 is 6.04 Å². The van der Waals surface area contributed by atoms with Crippen molar-refractivity contribution in [3.8, 4) is 0 Å². The lowest BCUT2D eigenvalue weighted by Gasteiger charge is -2.31. The van der Waals surface area contributed by atoms with Crippen LogP contribution in [0.4, 0.5) is 0 Å². The van der Waals surface area contributed by atoms with E-state index >= 15 is 0 Å². The summed E-state index contributed by atoms with van der Waals surface area (Å²) in [6.07, 6.45) is 0.975. The Morgan fingerprint density at radius 1 is 1.36 bits per heavy atom. The van der Waals surface area contributed by atoms with Crippen molar-refractivity contribution < 1.29 is 9.53 Å². The summed E-state index contributed by atoms with van der Waals surface area (Å²) in [7, 11) is 1.57. The second-order valence-corrected chi connectivity index (χ2v) is 6.02. The number of hydrogen-bond donors (Lipinski definition) is 1. The summed E-state index contributed by atoms with van der Waals surface area (Å²) in [5, 5.41) is 0. The molecule has 1 aromatic carbocycles. The van der Waals surface area contributed by atoms with Crippen molar-refractivity contribution >= 4 is 5.91 Å². The minimum atomic E-state index is -0.562. The summed E-state index contributed by atoms with van der Waals surface area (Å²) in [6, 6.07) is 10.1. The van der Waals surface area contributed by atoms with Crippen LogP contribution in [0.1, 0.15) is 18.9 Å². The summed E-state index contributed by atoms with van der Waals surface area (Å²) >= 11 is 0. The molecule has 1 heterocycles. The number of amides is 1. The zero-order valence-corrected chi connectivity index (χ0v) is 13.6. The van der Waals surface area contributed by atoms with Crippen LogP contribution in [-0.4, -0.2) is 61.1 Å². The highest BCUT2D eigenvalue weighted by atomic mass is 16.5. The molecule has 5 heteroatoms. The lowest BCUT2D eigenvalue weighted by Crippen LogP contribution is -2.51. The van der Waals surface area contributed by atoms with E-state index in [1.165, 1.54) is 5.56 Å². The third-order valence-corrected chi connectivity index (χ3v) is 4.12. The molecule has 2 atom stereocenters. The molecule has 22 heavy (non-hydrogen) atoms. The molecule has 2 N–H and O–H groups in total. The number of carbonyl (C=O) groups is 1. The molecule has 1 amide bonds. The lowest BCUT2D eigenvalue weighted by atomic mass is 10.2. The molecule has 0 aromatic heterocycles. The molecule has 2 unspecified atom stereocenters. The van der Waals surface area contributed by atoms with Gasteiger partial charge in [0, 0.05) is 39.3 Å². The van der Waals surface area contributed by atoms with Gasteiger partial charge < -0.3 is 15.4 Å². The van der Waals surface area contributed by atoms with E-state index in [0.717, 1.165) is 32.6 Å². The van der Waals surface area contributed by atoms with E-state index in [2.05, 4.69) is 36.1 Å². The fourth-order valence-corrected chi connectivity index (χ4v) is 3.03. The summed E-state index contributed by atoms with van der Waals surface area (Å²) in [5.41, 5.74) is 7.21. The quantitative estimate of drug-likeness (QED) is 0.884. The predicted molar refractivity (Wildman–Crippen MR) is 87.4 cm³/mol. The van der Waals surface area contributed by atoms with E-state index in [4.69, 9.17) is 10.5 Å². The first-order chi connectivity index (χ1) is 10.6. The van der Waals surface area contributed by atoms with E-state index in [0.29, 0.717) is 0 Å². The summed E-state index contributed by atoms with van der Waals surface area (Å²) in [6.45, 7) is 5.94. The average Bonchev–Trinajstić information content (AvgIpc) is 2.69. The molecule has 2 rings (SSSR count). The first-order valence-electron chi connectivity index (χ1n) is 7.93. The van der Waals surface area contributed by atoms with Crippen molar-refractivity contribution in [2.45, 2.75) is 32.0 Å². The van der Waals surface area contributed by atoms with Crippen LogP contribution in [0.2, 0.25) is 0 Å². The fraction of sp³-hybridized carbons (Fsp3) is 0.588. The maximum Gasteiger partial charge on any atom is 0.242 e. The van der Waals surface area contributed by atoms with Gasteiger partial charge in [-0.3, -0.25) is 9.69 Å². The standard InChI is InChI=1S/C17H27N3O2/c1-14-11-19(12-15-7-4-3-5-8-15)9-6-10-20(14)17(21)16(18)13-22-2/h3-5,7-8,14,16H,6,9-13,18H2,1-2H3. The number of hydrogen-bond acceptors (Lipinski definition) is 4. The van der Waals surface area contributed by atoms with Crippen molar-refractivity contribution in [2.24, 2.45) is 5.73 Å². The van der Waals surface area contributed by atoms with Crippen molar-refractivity contribution in [3.05, 3.63) is 35.9 Å². The van der Waals surface area contributed by atoms with Crippen LogP contribution in [0.25, 0.3) is 0 Å². The van der Waals surface area contributed by atoms with Crippen molar-refractivity contribution in [3.63, 3.8) is 0 Å². The van der Waals surface area contributed by atoms with Gasteiger partial charge in [0.05, 0.1) is 6.61 Å². The van der Waals surface area contributed by atoms with E-state index in [1.54, 1.807) is 7.11 Å². The molecule has 0 bridgehead atoms. The largest absolute Gasteiger partial charge is 0.383 e. The monoisotopic (exact) mass is 305 g/mol. The zero-order valence-electron chi connectivity index (χ0n) is 13.6. The van der Waals surface area contributed by atoms with E-state index in [-0.39, 0.29) is 18.6 Å². The maximum absolute atomic E-state index is 12.4. The van der Waals surface area contributed by atoms with Crippen molar-refractivity contribution in [2.75, 3.05) is 33.4 Å². The highest BCUT2D eigenvalue weighted by molar-refractivity contribution is 5.82. The average molecular weight is 305 g/mol. The number of carbonyl (C=O) groups excluding carboxylic acids is 1. The van der Waals surface area contributed by atoms with Gasteiger partial charge in [-0.2, -0.15) is 0 Å². The predicted octanol–water partition coefficient (Wildman–Crippen LogP) is 1.08. The molecule has 0 aliphatic carbocycles. The van der Waals surface area contributed by atoms with Gasteiger partial charge in [-0.15, -0.1) is 0 Å². The second kappa shape index (κ2) is 8.27. The molecule has 1 aliphatic heterocycles. The number of nitrogens with zero attached hydrogens (tertiary/aromatic N) is 2. The lowest BCUT2D eigenvalue weighted by molar-refractivity contribution is -0.135. The minimum absolute atomic E-state index is 0.00379. The Morgan fingerprint density at radius 2 is 2.09 bits per heavy atom. The number of rotatable bonds is 5. The Hall–Kier alpha value is -1.43. The Morgan fingerprint density at radius 3 is 2.77 bits per heavy atom. The summed E-state index contributed by atoms with van der Waals surface area (Å²) in [4.78, 5) is 16.7. The molecule has 5 nitrogen and oxygen atoms in total. The number of nitrogens with two attached hydrogens (primary N) is 1. The van der Waals surface area contributed by atoms with Crippen LogP contribution in [0.5, 0.6) is 0 Å². The van der Waals surface area contributed by atoms with Crippen LogP contribution >= 0.6 is 0 Å². The van der Waals surface area contributed by atoms with Crippen LogP contribution in [0, 0.1) is 0 Å². The molecule has 1 saturated heterocycles. The molecule has 0 radical (unpaired) electrons. The van der Waals surface area contributed by atoms with Gasteiger partial charge in [-0.1, -0.05) is 30.3 Å². The first-order valence-corrected chi connectivity index (χ1v) is 7.93. The fourth-order valence-electron chi connectivity index (χ4n) is 3.03. The topological polar surface area (TPSA) is 58.8 Å². The highest BCUT2D eigenvalue weighted by Gasteiger charge is 2.28. The number of benzene rings is 1. The van der Waals surface area contributed by atoms with Crippen LogP contribution < -0.4 is 5.73 Å². The molecule has 1 aliphatic rings. The summed E-state index contributed by atoms with van der Waals surface area (Å²) in [5.74, 6) is -0.00379. The third-order valence-electron chi connectivity index (χ3n) is 4.12. The maximum atomic E-state index is 12.4. The smallest absolute Gasteiger partial charge is 0.242 e. The molecule has 0 saturated carbocycles. The van der Waals surface area contributed by atoms with Gasteiger partial charge in [-0.25, -0.2) is 0 Å². The molecule has 0 spiro atoms. The van der Waals surface area contributed by atoms with Crippen LogP contribution in [0.15, 0.2) is 30.3 Å². The molecule has 1 fully saturated rings. The Balaban J connectivity index is 1.95. The minimum Gasteiger partial charge on any atom is -0.383 e. The normalized spacial score (nSPS) is 21.4. The SMILES string of the molecule is COCC(N)C(=O)N1CCCN(Cc2ccccc2)CC1C. The third kappa shape index (κ3) is 4.53. The Bertz CT molecular complexity index is 466. The number of methoxy groups -OCH3 is 1. The van der Waals surface area contributed by atoms with Gasteiger partial charge >= 0.3 is 0 Å². The second-order valence-electron chi connectivity index (χ2n) is 6.02. The Kier molecular flexibility index (Phi) is 6.36. The van der Waals surface area contributed by atoms with Crippen molar-refractivity contribution in [1.82, 2.24) is 9.80 Å². The Labute approximate surface area is 133 Å². The van der Waals surface area contributed by atoms with Gasteiger partial charge in [0.2, 0.25) is 5.91 Å². The van der Waals surface area contributed by atoms with Crippen LogP contribution in [-0.2, 0) is 16.1 Å². The van der Waals surface area contributed by atoms with Crippen LogP contribution in [0.3, 0.4) is 0 Å². The molecule has 1 aromatic rings. The van der Waals surface area contributed by atoms with Gasteiger partial charge in [0.15, 0.2) is 0 Å². The molecular weight excluding hydrogens is 278 g/mol. The van der Waals surface area contributed by atoms with Gasteiger partial charge in [0.25, 0.3) is 0 Å². The number of ether oxygens (including phenoxy) is 1.